The summed E-state index contributed by atoms with van der Waals surface area (Å²) in [7, 11) is 0. The fourth-order valence-electron chi connectivity index (χ4n) is 2.82. The van der Waals surface area contributed by atoms with Crippen LogP contribution in [0.25, 0.3) is 11.3 Å². The number of hydrogen-bond donors (Lipinski definition) is 0. The lowest BCUT2D eigenvalue weighted by molar-refractivity contribution is 0.460. The smallest absolute Gasteiger partial charge is 0.272 e. The highest BCUT2D eigenvalue weighted by Gasteiger charge is 2.25. The van der Waals surface area contributed by atoms with Gasteiger partial charge in [0.25, 0.3) is 5.56 Å². The van der Waals surface area contributed by atoms with E-state index in [0.29, 0.717) is 28.9 Å². The number of halogens is 1. The van der Waals surface area contributed by atoms with Crippen LogP contribution in [-0.4, -0.2) is 20.3 Å². The summed E-state index contributed by atoms with van der Waals surface area (Å²) in [4.78, 5) is 21.4. The summed E-state index contributed by atoms with van der Waals surface area (Å²) < 4.78 is 16.0. The van der Waals surface area contributed by atoms with Crippen molar-refractivity contribution in [2.45, 2.75) is 44.8 Å². The summed E-state index contributed by atoms with van der Waals surface area (Å²) in [5.74, 6) is 0.724. The third kappa shape index (κ3) is 3.19. The predicted octanol–water partition coefficient (Wildman–Crippen LogP) is 3.36. The van der Waals surface area contributed by atoms with E-state index in [4.69, 9.17) is 0 Å². The Morgan fingerprint density at radius 3 is 2.76 bits per heavy atom. The number of fused-ring (bicyclic) bond motifs is 1. The Morgan fingerprint density at radius 1 is 1.44 bits per heavy atom. The molecule has 0 radical (unpaired) electrons. The van der Waals surface area contributed by atoms with Crippen LogP contribution in [0.15, 0.2) is 22.2 Å². The molecule has 0 saturated carbocycles. The van der Waals surface area contributed by atoms with Crippen molar-refractivity contribution in [1.29, 1.82) is 5.26 Å². The molecule has 0 N–H and O–H groups in total. The maximum atomic E-state index is 14.5. The molecule has 0 spiro atoms. The van der Waals surface area contributed by atoms with Crippen molar-refractivity contribution >= 4 is 11.8 Å². The maximum absolute atomic E-state index is 14.5. The molecule has 0 fully saturated rings. The topological polar surface area (TPSA) is 71.6 Å². The second kappa shape index (κ2) is 6.26. The third-order valence-electron chi connectivity index (χ3n) is 4.06. The quantitative estimate of drug-likeness (QED) is 0.731. The van der Waals surface area contributed by atoms with Gasteiger partial charge >= 0.3 is 0 Å². The number of nitrogens with zero attached hydrogens (tertiary/aromatic N) is 4. The molecule has 130 valence electrons. The van der Waals surface area contributed by atoms with E-state index in [1.807, 2.05) is 33.8 Å². The zero-order valence-electron chi connectivity index (χ0n) is 14.6. The van der Waals surface area contributed by atoms with Crippen LogP contribution in [0, 0.1) is 23.1 Å². The van der Waals surface area contributed by atoms with Gasteiger partial charge in [0.2, 0.25) is 0 Å². The van der Waals surface area contributed by atoms with E-state index >= 15 is 0 Å². The van der Waals surface area contributed by atoms with Gasteiger partial charge in [-0.1, -0.05) is 39.5 Å². The minimum absolute atomic E-state index is 0.0665. The van der Waals surface area contributed by atoms with Gasteiger partial charge in [0.15, 0.2) is 5.16 Å². The summed E-state index contributed by atoms with van der Waals surface area (Å²) in [6.07, 6.45) is 1.49. The van der Waals surface area contributed by atoms with E-state index in [1.54, 1.807) is 0 Å². The molecule has 1 atom stereocenters. The summed E-state index contributed by atoms with van der Waals surface area (Å²) >= 11 is 1.48. The number of pyridine rings is 1. The Balaban J connectivity index is 2.19. The third-order valence-corrected chi connectivity index (χ3v) is 5.37. The molecule has 7 heteroatoms. The van der Waals surface area contributed by atoms with Crippen LogP contribution in [-0.2, 0) is 12.0 Å². The van der Waals surface area contributed by atoms with Gasteiger partial charge in [0.1, 0.15) is 17.4 Å². The molecule has 0 saturated heterocycles. The lowest BCUT2D eigenvalue weighted by atomic mass is 9.90. The van der Waals surface area contributed by atoms with E-state index in [2.05, 4.69) is 9.97 Å². The van der Waals surface area contributed by atoms with Crippen LogP contribution >= 0.6 is 11.8 Å². The Hall–Kier alpha value is -2.20. The zero-order chi connectivity index (χ0) is 18.4. The number of nitriles is 1. The van der Waals surface area contributed by atoms with Crippen molar-refractivity contribution in [3.05, 3.63) is 39.7 Å². The van der Waals surface area contributed by atoms with Crippen molar-refractivity contribution < 1.29 is 4.39 Å². The average Bonchev–Trinajstić information content (AvgIpc) is 2.54. The summed E-state index contributed by atoms with van der Waals surface area (Å²) in [6, 6.07) is 3.25. The SMILES string of the molecule is CC1CSc2nc(-c3cnc(C(C)(C)C)c(F)c3)c(C#N)c(=O)n2C1. The highest BCUT2D eigenvalue weighted by atomic mass is 32.2. The van der Waals surface area contributed by atoms with Crippen LogP contribution in [0.2, 0.25) is 0 Å². The van der Waals surface area contributed by atoms with Crippen LogP contribution in [0.3, 0.4) is 0 Å². The summed E-state index contributed by atoms with van der Waals surface area (Å²) in [6.45, 7) is 8.21. The molecule has 0 aromatic carbocycles. The lowest BCUT2D eigenvalue weighted by Crippen LogP contribution is -2.32. The monoisotopic (exact) mass is 358 g/mol. The van der Waals surface area contributed by atoms with Gasteiger partial charge in [0, 0.05) is 29.5 Å². The maximum Gasteiger partial charge on any atom is 0.272 e. The van der Waals surface area contributed by atoms with E-state index in [1.165, 1.54) is 28.6 Å². The van der Waals surface area contributed by atoms with Crippen molar-refractivity contribution in [1.82, 2.24) is 14.5 Å². The Morgan fingerprint density at radius 2 is 2.16 bits per heavy atom. The first kappa shape index (κ1) is 17.6. The van der Waals surface area contributed by atoms with Gasteiger partial charge in [-0.05, 0) is 12.0 Å². The molecule has 2 aromatic rings. The van der Waals surface area contributed by atoms with Crippen LogP contribution in [0.1, 0.15) is 39.0 Å². The molecular formula is C18H19FN4OS. The van der Waals surface area contributed by atoms with Crippen LogP contribution < -0.4 is 5.56 Å². The number of aromatic nitrogens is 3. The summed E-state index contributed by atoms with van der Waals surface area (Å²) in [5, 5.41) is 10.0. The molecular weight excluding hydrogens is 339 g/mol. The fraction of sp³-hybridized carbons (Fsp3) is 0.444. The highest BCUT2D eigenvalue weighted by Crippen LogP contribution is 2.30. The second-order valence-corrected chi connectivity index (χ2v) is 8.35. The molecule has 25 heavy (non-hydrogen) atoms. The Labute approximate surface area is 149 Å². The largest absolute Gasteiger partial charge is 0.286 e. The van der Waals surface area contributed by atoms with Gasteiger partial charge in [-0.25, -0.2) is 9.37 Å². The molecule has 1 aliphatic rings. The normalized spacial score (nSPS) is 17.0. The van der Waals surface area contributed by atoms with Crippen LogP contribution in [0.5, 0.6) is 0 Å². The van der Waals surface area contributed by atoms with Crippen molar-refractivity contribution in [3.8, 4) is 17.3 Å². The molecule has 0 amide bonds. The first-order valence-electron chi connectivity index (χ1n) is 8.06. The molecule has 5 nitrogen and oxygen atoms in total. The van der Waals surface area contributed by atoms with E-state index in [9.17, 15) is 14.4 Å². The van der Waals surface area contributed by atoms with Crippen molar-refractivity contribution in [2.75, 3.05) is 5.75 Å². The molecule has 0 aliphatic carbocycles. The first-order chi connectivity index (χ1) is 11.7. The lowest BCUT2D eigenvalue weighted by Gasteiger charge is -2.23. The van der Waals surface area contributed by atoms with Gasteiger partial charge < -0.3 is 0 Å². The van der Waals surface area contributed by atoms with E-state index in [-0.39, 0.29) is 16.8 Å². The molecule has 3 heterocycles. The molecule has 1 unspecified atom stereocenters. The van der Waals surface area contributed by atoms with Gasteiger partial charge in [0.05, 0.1) is 11.4 Å². The average molecular weight is 358 g/mol. The Kier molecular flexibility index (Phi) is 4.41. The minimum atomic E-state index is -0.463. The van der Waals surface area contributed by atoms with E-state index in [0.717, 1.165) is 5.75 Å². The van der Waals surface area contributed by atoms with Crippen molar-refractivity contribution in [2.24, 2.45) is 5.92 Å². The van der Waals surface area contributed by atoms with Gasteiger partial charge in [-0.15, -0.1) is 0 Å². The first-order valence-corrected chi connectivity index (χ1v) is 9.05. The molecule has 1 aliphatic heterocycles. The minimum Gasteiger partial charge on any atom is -0.286 e. The van der Waals surface area contributed by atoms with Gasteiger partial charge in [-0.2, -0.15) is 5.26 Å². The number of rotatable bonds is 1. The zero-order valence-corrected chi connectivity index (χ0v) is 15.4. The second-order valence-electron chi connectivity index (χ2n) is 7.37. The van der Waals surface area contributed by atoms with Crippen LogP contribution in [0.4, 0.5) is 4.39 Å². The number of hydrogen-bond acceptors (Lipinski definition) is 5. The predicted molar refractivity (Wildman–Crippen MR) is 95.0 cm³/mol. The summed E-state index contributed by atoms with van der Waals surface area (Å²) in [5.41, 5.74) is 0.0160. The molecule has 3 rings (SSSR count). The standard InChI is InChI=1S/C18H19FN4OS/c1-10-8-23-16(24)12(6-20)14(22-17(23)25-9-10)11-5-13(19)15(21-7-11)18(2,3)4/h5,7,10H,8-9H2,1-4H3. The number of thioether (sulfide) groups is 1. The Bertz CT molecular complexity index is 940. The highest BCUT2D eigenvalue weighted by molar-refractivity contribution is 7.99. The van der Waals surface area contributed by atoms with Crippen molar-refractivity contribution in [3.63, 3.8) is 0 Å². The molecule has 0 bridgehead atoms. The van der Waals surface area contributed by atoms with Gasteiger partial charge in [-0.3, -0.25) is 14.3 Å². The fourth-order valence-corrected chi connectivity index (χ4v) is 3.82. The molecule has 2 aromatic heterocycles. The van der Waals surface area contributed by atoms with E-state index < -0.39 is 11.2 Å².